The van der Waals surface area contributed by atoms with Crippen LogP contribution in [0.5, 0.6) is 0 Å². The Kier molecular flexibility index (Phi) is 3.72. The number of aromatic nitrogens is 3. The summed E-state index contributed by atoms with van der Waals surface area (Å²) >= 11 is 1.65. The molecule has 2 aliphatic rings. The van der Waals surface area contributed by atoms with Gasteiger partial charge < -0.3 is 10.6 Å². The number of anilines is 1. The molecule has 0 aromatic carbocycles. The second kappa shape index (κ2) is 5.88. The van der Waals surface area contributed by atoms with Crippen LogP contribution in [0.15, 0.2) is 18.6 Å². The van der Waals surface area contributed by atoms with Crippen LogP contribution in [-0.4, -0.2) is 21.0 Å². The minimum absolute atomic E-state index is 0.000329. The normalized spacial score (nSPS) is 18.5. The molecular formula is C16H19N5OS. The lowest BCUT2D eigenvalue weighted by atomic mass is 10.2. The standard InChI is InChI=1S/C16H19N5OS/c1-9-6-19-15(23-9)13(10-2-3-10)21-16(22)20-12-7-17-14(18-8-12)11-4-5-11/h6-8,10-11,13H,2-5H2,1H3,(H2,20,21,22). The second-order valence-corrected chi connectivity index (χ2v) is 7.59. The monoisotopic (exact) mass is 329 g/mol. The number of nitrogens with one attached hydrogen (secondary N) is 2. The molecule has 0 spiro atoms. The van der Waals surface area contributed by atoms with Crippen LogP contribution < -0.4 is 10.6 Å². The third-order valence-electron chi connectivity index (χ3n) is 4.16. The highest BCUT2D eigenvalue weighted by Crippen LogP contribution is 2.42. The van der Waals surface area contributed by atoms with Crippen LogP contribution in [0.2, 0.25) is 0 Å². The van der Waals surface area contributed by atoms with Gasteiger partial charge in [0.2, 0.25) is 0 Å². The molecule has 2 amide bonds. The molecule has 120 valence electrons. The lowest BCUT2D eigenvalue weighted by Gasteiger charge is -2.16. The van der Waals surface area contributed by atoms with Gasteiger partial charge in [-0.05, 0) is 38.5 Å². The van der Waals surface area contributed by atoms with Crippen molar-refractivity contribution in [1.82, 2.24) is 20.3 Å². The van der Waals surface area contributed by atoms with E-state index in [0.717, 1.165) is 28.6 Å². The molecular weight excluding hydrogens is 310 g/mol. The number of nitrogens with zero attached hydrogens (tertiary/aromatic N) is 3. The van der Waals surface area contributed by atoms with Crippen molar-refractivity contribution in [3.63, 3.8) is 0 Å². The lowest BCUT2D eigenvalue weighted by Crippen LogP contribution is -2.33. The van der Waals surface area contributed by atoms with Crippen LogP contribution in [0.1, 0.15) is 53.4 Å². The van der Waals surface area contributed by atoms with Gasteiger partial charge in [-0.2, -0.15) is 0 Å². The number of urea groups is 1. The summed E-state index contributed by atoms with van der Waals surface area (Å²) in [6.07, 6.45) is 9.85. The summed E-state index contributed by atoms with van der Waals surface area (Å²) in [5.41, 5.74) is 0.622. The van der Waals surface area contributed by atoms with Crippen LogP contribution in [0.3, 0.4) is 0 Å². The third-order valence-corrected chi connectivity index (χ3v) is 5.15. The molecule has 0 saturated heterocycles. The van der Waals surface area contributed by atoms with Crippen molar-refractivity contribution in [2.45, 2.75) is 44.6 Å². The van der Waals surface area contributed by atoms with E-state index in [1.54, 1.807) is 23.7 Å². The number of carbonyl (C=O) groups excluding carboxylic acids is 1. The van der Waals surface area contributed by atoms with Crippen molar-refractivity contribution in [3.8, 4) is 0 Å². The van der Waals surface area contributed by atoms with Gasteiger partial charge in [0.1, 0.15) is 10.8 Å². The maximum atomic E-state index is 12.3. The Labute approximate surface area is 138 Å². The van der Waals surface area contributed by atoms with E-state index in [9.17, 15) is 4.79 Å². The smallest absolute Gasteiger partial charge is 0.319 e. The number of amides is 2. The Morgan fingerprint density at radius 1 is 1.17 bits per heavy atom. The topological polar surface area (TPSA) is 79.8 Å². The van der Waals surface area contributed by atoms with Crippen molar-refractivity contribution in [2.75, 3.05) is 5.32 Å². The molecule has 2 aromatic rings. The van der Waals surface area contributed by atoms with Crippen molar-refractivity contribution in [3.05, 3.63) is 34.3 Å². The Morgan fingerprint density at radius 2 is 1.91 bits per heavy atom. The first-order chi connectivity index (χ1) is 11.2. The average Bonchev–Trinajstić information content (AvgIpc) is 3.44. The van der Waals surface area contributed by atoms with Crippen LogP contribution in [-0.2, 0) is 0 Å². The van der Waals surface area contributed by atoms with E-state index in [2.05, 4.69) is 25.6 Å². The highest BCUT2D eigenvalue weighted by molar-refractivity contribution is 7.11. The zero-order chi connectivity index (χ0) is 15.8. The highest BCUT2D eigenvalue weighted by Gasteiger charge is 2.35. The number of rotatable bonds is 5. The highest BCUT2D eigenvalue weighted by atomic mass is 32.1. The Balaban J connectivity index is 1.39. The van der Waals surface area contributed by atoms with Gasteiger partial charge in [-0.3, -0.25) is 0 Å². The van der Waals surface area contributed by atoms with E-state index in [4.69, 9.17) is 0 Å². The molecule has 2 aromatic heterocycles. The predicted molar refractivity (Wildman–Crippen MR) is 88.5 cm³/mol. The van der Waals surface area contributed by atoms with Crippen molar-refractivity contribution in [2.24, 2.45) is 5.92 Å². The predicted octanol–water partition coefficient (Wildman–Crippen LogP) is 3.39. The van der Waals surface area contributed by atoms with Gasteiger partial charge >= 0.3 is 6.03 Å². The average molecular weight is 329 g/mol. The first-order valence-corrected chi connectivity index (χ1v) is 8.82. The Bertz CT molecular complexity index is 706. The second-order valence-electron chi connectivity index (χ2n) is 6.33. The minimum atomic E-state index is -0.225. The van der Waals surface area contributed by atoms with Crippen LogP contribution in [0, 0.1) is 12.8 Å². The third kappa shape index (κ3) is 3.50. The molecule has 2 fully saturated rings. The first kappa shape index (κ1) is 14.6. The van der Waals surface area contributed by atoms with Gasteiger partial charge in [0.05, 0.1) is 24.1 Å². The van der Waals surface area contributed by atoms with Crippen LogP contribution in [0.25, 0.3) is 0 Å². The van der Waals surface area contributed by atoms with Gasteiger partial charge in [-0.1, -0.05) is 0 Å². The van der Waals surface area contributed by atoms with Crippen molar-refractivity contribution in [1.29, 1.82) is 0 Å². The number of aryl methyl sites for hydroxylation is 1. The van der Waals surface area contributed by atoms with Gasteiger partial charge in [0.15, 0.2) is 0 Å². The number of carbonyl (C=O) groups is 1. The van der Waals surface area contributed by atoms with Gasteiger partial charge in [0, 0.05) is 17.0 Å². The summed E-state index contributed by atoms with van der Waals surface area (Å²) in [6.45, 7) is 2.03. The molecule has 1 atom stereocenters. The Hall–Kier alpha value is -2.02. The summed E-state index contributed by atoms with van der Waals surface area (Å²) < 4.78 is 0. The quantitative estimate of drug-likeness (QED) is 0.881. The molecule has 2 heterocycles. The van der Waals surface area contributed by atoms with E-state index >= 15 is 0 Å². The largest absolute Gasteiger partial charge is 0.328 e. The molecule has 7 heteroatoms. The molecule has 1 unspecified atom stereocenters. The first-order valence-electron chi connectivity index (χ1n) is 8.01. The molecule has 6 nitrogen and oxygen atoms in total. The van der Waals surface area contributed by atoms with E-state index in [-0.39, 0.29) is 12.1 Å². The summed E-state index contributed by atoms with van der Waals surface area (Å²) in [4.78, 5) is 26.5. The maximum absolute atomic E-state index is 12.3. The van der Waals surface area contributed by atoms with Gasteiger partial charge in [0.25, 0.3) is 0 Å². The van der Waals surface area contributed by atoms with E-state index < -0.39 is 0 Å². The van der Waals surface area contributed by atoms with Gasteiger partial charge in [-0.15, -0.1) is 11.3 Å². The SMILES string of the molecule is Cc1cnc(C(NC(=O)Nc2cnc(C3CC3)nc2)C2CC2)s1. The molecule has 0 aliphatic heterocycles. The lowest BCUT2D eigenvalue weighted by molar-refractivity contribution is 0.247. The number of hydrogen-bond donors (Lipinski definition) is 2. The van der Waals surface area contributed by atoms with Crippen molar-refractivity contribution >= 4 is 23.1 Å². The maximum Gasteiger partial charge on any atom is 0.319 e. The van der Waals surface area contributed by atoms with Gasteiger partial charge in [-0.25, -0.2) is 19.7 Å². The molecule has 4 rings (SSSR count). The molecule has 0 radical (unpaired) electrons. The molecule has 2 aliphatic carbocycles. The number of hydrogen-bond acceptors (Lipinski definition) is 5. The molecule has 0 bridgehead atoms. The fourth-order valence-electron chi connectivity index (χ4n) is 2.59. The van der Waals surface area contributed by atoms with Crippen LogP contribution >= 0.6 is 11.3 Å². The fraction of sp³-hybridized carbons (Fsp3) is 0.500. The van der Waals surface area contributed by atoms with Crippen molar-refractivity contribution < 1.29 is 4.79 Å². The summed E-state index contributed by atoms with van der Waals surface area (Å²) in [7, 11) is 0. The minimum Gasteiger partial charge on any atom is -0.328 e. The molecule has 2 N–H and O–H groups in total. The van der Waals surface area contributed by atoms with E-state index in [1.807, 2.05) is 13.1 Å². The van der Waals surface area contributed by atoms with E-state index in [1.165, 1.54) is 12.8 Å². The summed E-state index contributed by atoms with van der Waals surface area (Å²) in [6, 6.07) is -0.224. The summed E-state index contributed by atoms with van der Waals surface area (Å²) in [5.74, 6) is 1.90. The summed E-state index contributed by atoms with van der Waals surface area (Å²) in [5, 5.41) is 6.86. The zero-order valence-electron chi connectivity index (χ0n) is 13.0. The fourth-order valence-corrected chi connectivity index (χ4v) is 3.51. The Morgan fingerprint density at radius 3 is 2.48 bits per heavy atom. The zero-order valence-corrected chi connectivity index (χ0v) is 13.8. The molecule has 2 saturated carbocycles. The number of thiazole rings is 1. The molecule has 23 heavy (non-hydrogen) atoms. The van der Waals surface area contributed by atoms with E-state index in [0.29, 0.717) is 17.5 Å². The van der Waals surface area contributed by atoms with Crippen LogP contribution in [0.4, 0.5) is 10.5 Å².